The fourth-order valence-electron chi connectivity index (χ4n) is 4.06. The van der Waals surface area contributed by atoms with Gasteiger partial charge >= 0.3 is 0 Å². The average Bonchev–Trinajstić information content (AvgIpc) is 3.41. The van der Waals surface area contributed by atoms with E-state index in [0.29, 0.717) is 31.9 Å². The molecule has 1 aliphatic rings. The highest BCUT2D eigenvalue weighted by molar-refractivity contribution is 6.06. The first-order chi connectivity index (χ1) is 14.7. The summed E-state index contributed by atoms with van der Waals surface area (Å²) in [5.41, 5.74) is 3.64. The van der Waals surface area contributed by atoms with Gasteiger partial charge in [-0.3, -0.25) is 9.78 Å². The number of carbonyl (C=O) groups excluding carboxylic acids is 1. The second-order valence-corrected chi connectivity index (χ2v) is 7.49. The SMILES string of the molecule is Cn1c(CN(CC2OCCO2)C(=O)c2ccnc3ccccc23)cc2ccccc21. The van der Waals surface area contributed by atoms with E-state index in [1.807, 2.05) is 48.3 Å². The quantitative estimate of drug-likeness (QED) is 0.511. The predicted octanol–water partition coefficient (Wildman–Crippen LogP) is 3.74. The highest BCUT2D eigenvalue weighted by atomic mass is 16.7. The lowest BCUT2D eigenvalue weighted by Crippen LogP contribution is -2.38. The van der Waals surface area contributed by atoms with Crippen molar-refractivity contribution in [2.75, 3.05) is 19.8 Å². The third-order valence-corrected chi connectivity index (χ3v) is 5.63. The van der Waals surface area contributed by atoms with Crippen molar-refractivity contribution in [3.63, 3.8) is 0 Å². The van der Waals surface area contributed by atoms with Gasteiger partial charge in [-0.15, -0.1) is 0 Å². The molecule has 0 aliphatic carbocycles. The van der Waals surface area contributed by atoms with Crippen molar-refractivity contribution in [2.24, 2.45) is 7.05 Å². The van der Waals surface area contributed by atoms with Crippen LogP contribution in [0.25, 0.3) is 21.8 Å². The lowest BCUT2D eigenvalue weighted by atomic mass is 10.1. The van der Waals surface area contributed by atoms with Crippen LogP contribution in [-0.2, 0) is 23.1 Å². The van der Waals surface area contributed by atoms with Crippen molar-refractivity contribution < 1.29 is 14.3 Å². The summed E-state index contributed by atoms with van der Waals surface area (Å²) in [5, 5.41) is 2.01. The molecule has 152 valence electrons. The molecule has 1 fully saturated rings. The second-order valence-electron chi connectivity index (χ2n) is 7.49. The van der Waals surface area contributed by atoms with E-state index >= 15 is 0 Å². The molecule has 0 unspecified atom stereocenters. The number of aromatic nitrogens is 2. The van der Waals surface area contributed by atoms with Gasteiger partial charge in [-0.2, -0.15) is 0 Å². The predicted molar refractivity (Wildman–Crippen MR) is 115 cm³/mol. The number of rotatable bonds is 5. The van der Waals surface area contributed by atoms with Gasteiger partial charge < -0.3 is 18.9 Å². The van der Waals surface area contributed by atoms with E-state index in [0.717, 1.165) is 27.5 Å². The maximum absolute atomic E-state index is 13.7. The normalized spacial score (nSPS) is 14.6. The number of carbonyl (C=O) groups is 1. The minimum Gasteiger partial charge on any atom is -0.348 e. The number of fused-ring (bicyclic) bond motifs is 2. The van der Waals surface area contributed by atoms with Gasteiger partial charge in [0, 0.05) is 29.8 Å². The number of ether oxygens (including phenoxy) is 2. The maximum atomic E-state index is 13.7. The Morgan fingerprint density at radius 2 is 1.87 bits per heavy atom. The first-order valence-corrected chi connectivity index (χ1v) is 10.1. The molecule has 1 saturated heterocycles. The van der Waals surface area contributed by atoms with E-state index in [1.54, 1.807) is 12.3 Å². The molecule has 6 heteroatoms. The Morgan fingerprint density at radius 1 is 1.10 bits per heavy atom. The molecule has 30 heavy (non-hydrogen) atoms. The Kier molecular flexibility index (Phi) is 4.94. The van der Waals surface area contributed by atoms with Gasteiger partial charge in [-0.25, -0.2) is 0 Å². The molecule has 0 saturated carbocycles. The molecule has 0 N–H and O–H groups in total. The molecular formula is C24H23N3O3. The smallest absolute Gasteiger partial charge is 0.255 e. The zero-order valence-corrected chi connectivity index (χ0v) is 16.8. The molecule has 3 heterocycles. The van der Waals surface area contributed by atoms with Gasteiger partial charge in [-0.05, 0) is 29.7 Å². The van der Waals surface area contributed by atoms with Crippen molar-refractivity contribution in [3.8, 4) is 0 Å². The number of pyridine rings is 1. The molecule has 6 nitrogen and oxygen atoms in total. The van der Waals surface area contributed by atoms with E-state index in [2.05, 4.69) is 27.8 Å². The van der Waals surface area contributed by atoms with Crippen LogP contribution in [0.5, 0.6) is 0 Å². The number of para-hydroxylation sites is 2. The van der Waals surface area contributed by atoms with Crippen LogP contribution in [0.15, 0.2) is 66.9 Å². The monoisotopic (exact) mass is 401 g/mol. The standard InChI is InChI=1S/C24H23N3O3/c1-26-18(14-17-6-2-5-9-22(17)26)15-27(16-23-29-12-13-30-23)24(28)20-10-11-25-21-8-4-3-7-19(20)21/h2-11,14,23H,12-13,15-16H2,1H3. The number of nitrogens with zero attached hydrogens (tertiary/aromatic N) is 3. The molecular weight excluding hydrogens is 378 g/mol. The molecule has 0 atom stereocenters. The van der Waals surface area contributed by atoms with E-state index in [9.17, 15) is 4.79 Å². The van der Waals surface area contributed by atoms with E-state index in [1.165, 1.54) is 0 Å². The Bertz CT molecular complexity index is 1210. The van der Waals surface area contributed by atoms with Gasteiger partial charge in [0.2, 0.25) is 0 Å². The van der Waals surface area contributed by atoms with Crippen molar-refractivity contribution >= 4 is 27.7 Å². The first kappa shape index (κ1) is 18.8. The average molecular weight is 401 g/mol. The second kappa shape index (κ2) is 7.89. The van der Waals surface area contributed by atoms with Gasteiger partial charge in [0.1, 0.15) is 0 Å². The third kappa shape index (κ3) is 3.44. The largest absolute Gasteiger partial charge is 0.348 e. The van der Waals surface area contributed by atoms with Crippen LogP contribution < -0.4 is 0 Å². The van der Waals surface area contributed by atoms with Crippen molar-refractivity contribution in [3.05, 3.63) is 78.1 Å². The van der Waals surface area contributed by atoms with Gasteiger partial charge in [0.15, 0.2) is 6.29 Å². The molecule has 0 spiro atoms. The number of amides is 1. The summed E-state index contributed by atoms with van der Waals surface area (Å²) in [5.74, 6) is -0.0574. The summed E-state index contributed by atoms with van der Waals surface area (Å²) in [6.45, 7) is 1.94. The van der Waals surface area contributed by atoms with Crippen molar-refractivity contribution in [2.45, 2.75) is 12.8 Å². The zero-order chi connectivity index (χ0) is 20.5. The minimum absolute atomic E-state index is 0.0574. The van der Waals surface area contributed by atoms with Crippen LogP contribution in [0.1, 0.15) is 16.1 Å². The number of aryl methyl sites for hydroxylation is 1. The molecule has 5 rings (SSSR count). The molecule has 0 radical (unpaired) electrons. The van der Waals surface area contributed by atoms with Crippen molar-refractivity contribution in [1.82, 2.24) is 14.5 Å². The first-order valence-electron chi connectivity index (χ1n) is 10.1. The topological polar surface area (TPSA) is 56.6 Å². The lowest BCUT2D eigenvalue weighted by Gasteiger charge is -2.26. The molecule has 1 aliphatic heterocycles. The van der Waals surface area contributed by atoms with Gasteiger partial charge in [0.25, 0.3) is 5.91 Å². The molecule has 4 aromatic rings. The van der Waals surface area contributed by atoms with Crippen LogP contribution in [0.4, 0.5) is 0 Å². The maximum Gasteiger partial charge on any atom is 0.255 e. The summed E-state index contributed by atoms with van der Waals surface area (Å²) < 4.78 is 13.4. The number of hydrogen-bond acceptors (Lipinski definition) is 4. The summed E-state index contributed by atoms with van der Waals surface area (Å²) in [4.78, 5) is 19.9. The Labute approximate surface area is 174 Å². The highest BCUT2D eigenvalue weighted by Crippen LogP contribution is 2.23. The molecule has 0 bridgehead atoms. The fourth-order valence-corrected chi connectivity index (χ4v) is 4.06. The summed E-state index contributed by atoms with van der Waals surface area (Å²) in [6.07, 6.45) is 1.28. The molecule has 2 aromatic carbocycles. The van der Waals surface area contributed by atoms with E-state index < -0.39 is 6.29 Å². The summed E-state index contributed by atoms with van der Waals surface area (Å²) >= 11 is 0. The Balaban J connectivity index is 1.52. The van der Waals surface area contributed by atoms with Crippen LogP contribution in [0.3, 0.4) is 0 Å². The Morgan fingerprint density at radius 3 is 2.70 bits per heavy atom. The van der Waals surface area contributed by atoms with E-state index in [4.69, 9.17) is 9.47 Å². The number of hydrogen-bond donors (Lipinski definition) is 0. The molecule has 1 amide bonds. The van der Waals surface area contributed by atoms with Crippen molar-refractivity contribution in [1.29, 1.82) is 0 Å². The minimum atomic E-state index is -0.406. The van der Waals surface area contributed by atoms with E-state index in [-0.39, 0.29) is 5.91 Å². The van der Waals surface area contributed by atoms with Gasteiger partial charge in [0.05, 0.1) is 37.4 Å². The Hall–Kier alpha value is -3.22. The third-order valence-electron chi connectivity index (χ3n) is 5.63. The van der Waals surface area contributed by atoms with Crippen LogP contribution in [-0.4, -0.2) is 46.4 Å². The summed E-state index contributed by atoms with van der Waals surface area (Å²) in [6, 6.07) is 19.9. The van der Waals surface area contributed by atoms with Crippen LogP contribution in [0.2, 0.25) is 0 Å². The van der Waals surface area contributed by atoms with Gasteiger partial charge in [-0.1, -0.05) is 36.4 Å². The lowest BCUT2D eigenvalue weighted by molar-refractivity contribution is -0.0586. The van der Waals surface area contributed by atoms with Crippen LogP contribution >= 0.6 is 0 Å². The number of benzene rings is 2. The summed E-state index contributed by atoms with van der Waals surface area (Å²) in [7, 11) is 2.03. The molecule has 2 aromatic heterocycles. The fraction of sp³-hybridized carbons (Fsp3) is 0.250. The zero-order valence-electron chi connectivity index (χ0n) is 16.8. The van der Waals surface area contributed by atoms with Crippen LogP contribution in [0, 0.1) is 0 Å². The highest BCUT2D eigenvalue weighted by Gasteiger charge is 2.26.